The predicted molar refractivity (Wildman–Crippen MR) is 73.7 cm³/mol. The molecule has 0 aliphatic heterocycles. The van der Waals surface area contributed by atoms with Gasteiger partial charge in [-0.05, 0) is 42.0 Å². The summed E-state index contributed by atoms with van der Waals surface area (Å²) in [5.41, 5.74) is 10.0. The summed E-state index contributed by atoms with van der Waals surface area (Å²) < 4.78 is 0. The van der Waals surface area contributed by atoms with Crippen molar-refractivity contribution in [2.24, 2.45) is 5.73 Å². The van der Waals surface area contributed by atoms with Gasteiger partial charge in [0.25, 0.3) is 0 Å². The molecule has 2 N–H and O–H groups in total. The van der Waals surface area contributed by atoms with Crippen LogP contribution in [0.25, 0.3) is 0 Å². The molecular weight excluding hydrogens is 244 g/mol. The molecule has 18 heavy (non-hydrogen) atoms. The van der Waals surface area contributed by atoms with E-state index in [4.69, 9.17) is 17.3 Å². The van der Waals surface area contributed by atoms with Gasteiger partial charge in [0.15, 0.2) is 0 Å². The van der Waals surface area contributed by atoms with Crippen LogP contribution in [0.1, 0.15) is 35.2 Å². The fraction of sp³-hybridized carbons (Fsp3) is 0.267. The fourth-order valence-electron chi connectivity index (χ4n) is 2.61. The Bertz CT molecular complexity index is 551. The number of benzene rings is 1. The second kappa shape index (κ2) is 4.71. The van der Waals surface area contributed by atoms with Crippen LogP contribution >= 0.6 is 11.6 Å². The van der Waals surface area contributed by atoms with Crippen LogP contribution in [0.15, 0.2) is 42.6 Å². The van der Waals surface area contributed by atoms with Crippen LogP contribution in [-0.2, 0) is 6.42 Å². The topological polar surface area (TPSA) is 38.9 Å². The SMILES string of the molecule is NC(CC1Cc2ccccc21)c1ccc(Cl)cn1. The van der Waals surface area contributed by atoms with Gasteiger partial charge in [0.2, 0.25) is 0 Å². The minimum Gasteiger partial charge on any atom is -0.323 e. The molecule has 1 aliphatic carbocycles. The maximum absolute atomic E-state index is 6.21. The molecule has 3 heteroatoms. The van der Waals surface area contributed by atoms with Crippen molar-refractivity contribution >= 4 is 11.6 Å². The zero-order chi connectivity index (χ0) is 12.5. The van der Waals surface area contributed by atoms with E-state index in [9.17, 15) is 0 Å². The summed E-state index contributed by atoms with van der Waals surface area (Å²) in [4.78, 5) is 4.29. The lowest BCUT2D eigenvalue weighted by Gasteiger charge is -2.31. The summed E-state index contributed by atoms with van der Waals surface area (Å²) in [6.45, 7) is 0. The zero-order valence-electron chi connectivity index (χ0n) is 10.0. The van der Waals surface area contributed by atoms with Gasteiger partial charge in [0, 0.05) is 12.2 Å². The van der Waals surface area contributed by atoms with Crippen molar-refractivity contribution < 1.29 is 0 Å². The van der Waals surface area contributed by atoms with Gasteiger partial charge in [-0.15, -0.1) is 0 Å². The van der Waals surface area contributed by atoms with Gasteiger partial charge in [-0.25, -0.2) is 0 Å². The van der Waals surface area contributed by atoms with E-state index in [1.807, 2.05) is 12.1 Å². The predicted octanol–water partition coefficient (Wildman–Crippen LogP) is 3.46. The van der Waals surface area contributed by atoms with Gasteiger partial charge in [0.05, 0.1) is 10.7 Å². The van der Waals surface area contributed by atoms with Gasteiger partial charge >= 0.3 is 0 Å². The summed E-state index contributed by atoms with van der Waals surface area (Å²) >= 11 is 5.82. The summed E-state index contributed by atoms with van der Waals surface area (Å²) in [5, 5.41) is 0.653. The van der Waals surface area contributed by atoms with E-state index in [-0.39, 0.29) is 6.04 Å². The Balaban J connectivity index is 1.70. The lowest BCUT2D eigenvalue weighted by molar-refractivity contribution is 0.492. The molecule has 1 aromatic carbocycles. The molecule has 0 bridgehead atoms. The van der Waals surface area contributed by atoms with E-state index in [2.05, 4.69) is 29.2 Å². The molecule has 2 unspecified atom stereocenters. The largest absolute Gasteiger partial charge is 0.323 e. The summed E-state index contributed by atoms with van der Waals surface area (Å²) in [7, 11) is 0. The van der Waals surface area contributed by atoms with E-state index in [0.717, 1.165) is 18.5 Å². The molecule has 0 fully saturated rings. The Labute approximate surface area is 112 Å². The van der Waals surface area contributed by atoms with Crippen LogP contribution in [-0.4, -0.2) is 4.98 Å². The number of nitrogens with two attached hydrogens (primary N) is 1. The Morgan fingerprint density at radius 3 is 2.83 bits per heavy atom. The Morgan fingerprint density at radius 1 is 1.28 bits per heavy atom. The van der Waals surface area contributed by atoms with E-state index < -0.39 is 0 Å². The van der Waals surface area contributed by atoms with Crippen LogP contribution in [0.3, 0.4) is 0 Å². The smallest absolute Gasteiger partial charge is 0.0589 e. The Hall–Kier alpha value is -1.38. The third kappa shape index (κ3) is 2.14. The van der Waals surface area contributed by atoms with E-state index >= 15 is 0 Å². The molecule has 3 rings (SSSR count). The molecule has 0 amide bonds. The molecule has 1 aliphatic rings. The molecule has 2 nitrogen and oxygen atoms in total. The van der Waals surface area contributed by atoms with E-state index in [1.165, 1.54) is 11.1 Å². The molecule has 2 atom stereocenters. The number of aromatic nitrogens is 1. The van der Waals surface area contributed by atoms with Crippen molar-refractivity contribution in [3.05, 3.63) is 64.4 Å². The fourth-order valence-corrected chi connectivity index (χ4v) is 2.72. The van der Waals surface area contributed by atoms with Gasteiger partial charge in [0.1, 0.15) is 0 Å². The van der Waals surface area contributed by atoms with Crippen LogP contribution in [0.5, 0.6) is 0 Å². The Morgan fingerprint density at radius 2 is 2.11 bits per heavy atom. The number of hydrogen-bond acceptors (Lipinski definition) is 2. The highest BCUT2D eigenvalue weighted by Gasteiger charge is 2.27. The second-order valence-corrected chi connectivity index (χ2v) is 5.28. The highest BCUT2D eigenvalue weighted by molar-refractivity contribution is 6.30. The molecule has 1 heterocycles. The maximum atomic E-state index is 6.21. The molecule has 0 radical (unpaired) electrons. The zero-order valence-corrected chi connectivity index (χ0v) is 10.8. The van der Waals surface area contributed by atoms with E-state index in [1.54, 1.807) is 6.20 Å². The number of fused-ring (bicyclic) bond motifs is 1. The van der Waals surface area contributed by atoms with Crippen LogP contribution in [0.4, 0.5) is 0 Å². The van der Waals surface area contributed by atoms with Crippen molar-refractivity contribution in [1.29, 1.82) is 0 Å². The average Bonchev–Trinajstić information content (AvgIpc) is 2.36. The highest BCUT2D eigenvalue weighted by atomic mass is 35.5. The second-order valence-electron chi connectivity index (χ2n) is 4.84. The number of pyridine rings is 1. The third-order valence-electron chi connectivity index (χ3n) is 3.63. The van der Waals surface area contributed by atoms with Crippen LogP contribution in [0.2, 0.25) is 5.02 Å². The maximum Gasteiger partial charge on any atom is 0.0589 e. The number of halogens is 1. The number of rotatable bonds is 3. The van der Waals surface area contributed by atoms with Crippen molar-refractivity contribution in [2.45, 2.75) is 24.8 Å². The molecule has 1 aromatic heterocycles. The molecule has 0 saturated carbocycles. The molecule has 2 aromatic rings. The standard InChI is InChI=1S/C15H15ClN2/c16-12-5-6-15(18-9-12)14(17)8-11-7-10-3-1-2-4-13(10)11/h1-6,9,11,14H,7-8,17H2. The van der Waals surface area contributed by atoms with Gasteiger partial charge in [-0.1, -0.05) is 35.9 Å². The molecule has 0 saturated heterocycles. The summed E-state index contributed by atoms with van der Waals surface area (Å²) in [6, 6.07) is 12.3. The number of hydrogen-bond donors (Lipinski definition) is 1. The first-order valence-electron chi connectivity index (χ1n) is 6.19. The summed E-state index contributed by atoms with van der Waals surface area (Å²) in [6.07, 6.45) is 3.74. The minimum absolute atomic E-state index is 0.0133. The van der Waals surface area contributed by atoms with Gasteiger partial charge in [-0.3, -0.25) is 4.98 Å². The molecule has 0 spiro atoms. The number of nitrogens with zero attached hydrogens (tertiary/aromatic N) is 1. The van der Waals surface area contributed by atoms with Gasteiger partial charge < -0.3 is 5.73 Å². The minimum atomic E-state index is -0.0133. The normalized spacial score (nSPS) is 18.9. The summed E-state index contributed by atoms with van der Waals surface area (Å²) in [5.74, 6) is 0.577. The quantitative estimate of drug-likeness (QED) is 0.916. The first-order valence-corrected chi connectivity index (χ1v) is 6.56. The van der Waals surface area contributed by atoms with Gasteiger partial charge in [-0.2, -0.15) is 0 Å². The van der Waals surface area contributed by atoms with E-state index in [0.29, 0.717) is 10.9 Å². The Kier molecular flexibility index (Phi) is 3.06. The van der Waals surface area contributed by atoms with Crippen molar-refractivity contribution in [3.8, 4) is 0 Å². The molecular formula is C15H15ClN2. The lowest BCUT2D eigenvalue weighted by atomic mass is 9.74. The average molecular weight is 259 g/mol. The third-order valence-corrected chi connectivity index (χ3v) is 3.85. The lowest BCUT2D eigenvalue weighted by Crippen LogP contribution is -2.23. The van der Waals surface area contributed by atoms with Crippen molar-refractivity contribution in [2.75, 3.05) is 0 Å². The van der Waals surface area contributed by atoms with Crippen LogP contribution < -0.4 is 5.73 Å². The van der Waals surface area contributed by atoms with Crippen molar-refractivity contribution in [3.63, 3.8) is 0 Å². The first-order chi connectivity index (χ1) is 8.74. The van der Waals surface area contributed by atoms with Crippen molar-refractivity contribution in [1.82, 2.24) is 4.98 Å². The molecule has 92 valence electrons. The highest BCUT2D eigenvalue weighted by Crippen LogP contribution is 2.39. The van der Waals surface area contributed by atoms with Crippen LogP contribution in [0, 0.1) is 0 Å². The monoisotopic (exact) mass is 258 g/mol. The first kappa shape index (κ1) is 11.7.